The Morgan fingerprint density at radius 3 is 0.778 bits per heavy atom. The Morgan fingerprint density at radius 1 is 0.259 bits per heavy atom. The molecule has 81 heavy (non-hydrogen) atoms. The second kappa shape index (κ2) is 69.1. The van der Waals surface area contributed by atoms with Gasteiger partial charge in [0.25, 0.3) is 0 Å². The van der Waals surface area contributed by atoms with Gasteiger partial charge in [0.2, 0.25) is 0 Å². The molecule has 0 radical (unpaired) electrons. The molecule has 0 aliphatic heterocycles. The van der Waals surface area contributed by atoms with E-state index in [4.69, 9.17) is 14.2 Å². The molecule has 0 heterocycles. The second-order valence-corrected chi connectivity index (χ2v) is 23.4. The van der Waals surface area contributed by atoms with Crippen molar-refractivity contribution >= 4 is 17.9 Å². The molecule has 6 heteroatoms. The van der Waals surface area contributed by atoms with Gasteiger partial charge in [0.1, 0.15) is 13.2 Å². The topological polar surface area (TPSA) is 78.9 Å². The van der Waals surface area contributed by atoms with Gasteiger partial charge in [-0.15, -0.1) is 0 Å². The highest BCUT2D eigenvalue weighted by molar-refractivity contribution is 5.71. The van der Waals surface area contributed by atoms with Crippen LogP contribution in [0, 0.1) is 0 Å². The molecular weight excluding hydrogens is 997 g/mol. The number of carbonyl (C=O) groups is 3. The third kappa shape index (κ3) is 67.3. The summed E-state index contributed by atoms with van der Waals surface area (Å²) in [5.41, 5.74) is 0. The monoisotopic (exact) mass is 1130 g/mol. The van der Waals surface area contributed by atoms with Gasteiger partial charge in [0.05, 0.1) is 0 Å². The smallest absolute Gasteiger partial charge is 0.306 e. The number of hydrogen-bond acceptors (Lipinski definition) is 6. The molecule has 0 aliphatic carbocycles. The van der Waals surface area contributed by atoms with Crippen LogP contribution >= 0.6 is 0 Å². The molecule has 0 aromatic rings. The number of allylic oxidation sites excluding steroid dienone is 14. The number of unbranched alkanes of at least 4 members (excludes halogenated alkanes) is 39. The van der Waals surface area contributed by atoms with Crippen molar-refractivity contribution in [2.75, 3.05) is 13.2 Å². The number of ether oxygens (including phenoxy) is 3. The first-order valence-electron chi connectivity index (χ1n) is 35.1. The Morgan fingerprint density at radius 2 is 0.481 bits per heavy atom. The van der Waals surface area contributed by atoms with E-state index < -0.39 is 6.10 Å². The summed E-state index contributed by atoms with van der Waals surface area (Å²) in [7, 11) is 0. The molecule has 0 saturated heterocycles. The Balaban J connectivity index is 4.13. The third-order valence-electron chi connectivity index (χ3n) is 15.4. The highest BCUT2D eigenvalue weighted by Crippen LogP contribution is 2.18. The van der Waals surface area contributed by atoms with Crippen LogP contribution in [-0.4, -0.2) is 37.2 Å². The Labute approximate surface area is 503 Å². The van der Waals surface area contributed by atoms with Crippen LogP contribution in [0.3, 0.4) is 0 Å². The van der Waals surface area contributed by atoms with Crippen molar-refractivity contribution in [2.24, 2.45) is 0 Å². The number of esters is 3. The van der Waals surface area contributed by atoms with Crippen molar-refractivity contribution in [1.82, 2.24) is 0 Å². The molecule has 6 nitrogen and oxygen atoms in total. The van der Waals surface area contributed by atoms with Gasteiger partial charge >= 0.3 is 17.9 Å². The van der Waals surface area contributed by atoms with Gasteiger partial charge in [-0.05, 0) is 96.3 Å². The van der Waals surface area contributed by atoms with E-state index >= 15 is 0 Å². The predicted octanol–water partition coefficient (Wildman–Crippen LogP) is 24.2. The molecule has 0 fully saturated rings. The van der Waals surface area contributed by atoms with Crippen LogP contribution in [0.15, 0.2) is 85.1 Å². The van der Waals surface area contributed by atoms with E-state index in [9.17, 15) is 14.4 Å². The molecule has 468 valence electrons. The predicted molar refractivity (Wildman–Crippen MR) is 353 cm³/mol. The van der Waals surface area contributed by atoms with E-state index in [1.54, 1.807) is 0 Å². The lowest BCUT2D eigenvalue weighted by molar-refractivity contribution is -0.167. The number of carbonyl (C=O) groups excluding carboxylic acids is 3. The van der Waals surface area contributed by atoms with Crippen LogP contribution in [0.2, 0.25) is 0 Å². The molecule has 0 N–H and O–H groups in total. The van der Waals surface area contributed by atoms with E-state index in [1.807, 2.05) is 0 Å². The lowest BCUT2D eigenvalue weighted by Crippen LogP contribution is -2.30. The maximum Gasteiger partial charge on any atom is 0.306 e. The lowest BCUT2D eigenvalue weighted by atomic mass is 10.0. The van der Waals surface area contributed by atoms with Gasteiger partial charge in [0, 0.05) is 19.3 Å². The minimum Gasteiger partial charge on any atom is -0.462 e. The average Bonchev–Trinajstić information content (AvgIpc) is 3.47. The maximum atomic E-state index is 12.9. The SMILES string of the molecule is CC/C=C\C/C=C\C/C=C\C/C=C\CCCCCCCCCCCCCCCCCCCCCCC(=O)OCC(COC(=O)CCCCCCCCCCCCC)OC(=O)CCCCCCCC/C=C\C/C=C\C/C=C\CCCCC. The van der Waals surface area contributed by atoms with Crippen LogP contribution in [0.25, 0.3) is 0 Å². The van der Waals surface area contributed by atoms with Crippen LogP contribution in [0.4, 0.5) is 0 Å². The van der Waals surface area contributed by atoms with E-state index in [0.29, 0.717) is 19.3 Å². The standard InChI is InChI=1S/C75H132O6/c1-4-7-10-13-16-19-22-24-26-28-30-31-32-33-34-35-36-37-38-39-40-41-42-43-45-46-48-50-53-56-59-62-65-68-74(77)80-71-72(70-79-73(76)67-64-61-58-55-52-21-18-15-12-9-6-3)81-75(78)69-66-63-60-57-54-51-49-47-44-29-27-25-23-20-17-14-11-8-5-2/h7,10,16-17,19-20,24-27,30-31,44,47,72H,4-6,8-9,11-15,18,21-23,28-29,32-43,45-46,48-71H2,1-3H3/b10-7-,19-16-,20-17-,26-24-,27-25-,31-30-,47-44-. The first-order valence-corrected chi connectivity index (χ1v) is 35.1. The largest absolute Gasteiger partial charge is 0.462 e. The zero-order valence-electron chi connectivity index (χ0n) is 53.8. The first kappa shape index (κ1) is 77.6. The van der Waals surface area contributed by atoms with Crippen LogP contribution in [-0.2, 0) is 28.6 Å². The van der Waals surface area contributed by atoms with E-state index in [-0.39, 0.29) is 31.1 Å². The molecule has 0 spiro atoms. The normalized spacial score (nSPS) is 12.6. The van der Waals surface area contributed by atoms with Crippen molar-refractivity contribution < 1.29 is 28.6 Å². The molecular formula is C75H132O6. The van der Waals surface area contributed by atoms with E-state index in [0.717, 1.165) is 109 Å². The van der Waals surface area contributed by atoms with Crippen molar-refractivity contribution in [2.45, 2.75) is 361 Å². The quantitative estimate of drug-likeness (QED) is 0.0261. The highest BCUT2D eigenvalue weighted by atomic mass is 16.6. The fraction of sp³-hybridized carbons (Fsp3) is 0.773. The summed E-state index contributed by atoms with van der Waals surface area (Å²) in [5.74, 6) is -0.871. The Kier molecular flexibility index (Phi) is 66.2. The van der Waals surface area contributed by atoms with Crippen LogP contribution in [0.1, 0.15) is 355 Å². The minimum atomic E-state index is -0.780. The van der Waals surface area contributed by atoms with Crippen molar-refractivity contribution in [3.05, 3.63) is 85.1 Å². The summed E-state index contributed by atoms with van der Waals surface area (Å²) in [6.07, 6.45) is 91.9. The van der Waals surface area contributed by atoms with Gasteiger partial charge < -0.3 is 14.2 Å². The summed E-state index contributed by atoms with van der Waals surface area (Å²) in [6.45, 7) is 6.53. The van der Waals surface area contributed by atoms with E-state index in [1.165, 1.54) is 205 Å². The molecule has 0 aliphatic rings. The summed E-state index contributed by atoms with van der Waals surface area (Å²) < 4.78 is 16.9. The zero-order valence-corrected chi connectivity index (χ0v) is 53.8. The molecule has 0 rings (SSSR count). The summed E-state index contributed by atoms with van der Waals surface area (Å²) in [6, 6.07) is 0. The first-order chi connectivity index (χ1) is 40.0. The van der Waals surface area contributed by atoms with Crippen LogP contribution in [0.5, 0.6) is 0 Å². The number of rotatable bonds is 64. The fourth-order valence-electron chi connectivity index (χ4n) is 10.2. The van der Waals surface area contributed by atoms with Gasteiger partial charge in [0.15, 0.2) is 6.10 Å². The van der Waals surface area contributed by atoms with Gasteiger partial charge in [-0.2, -0.15) is 0 Å². The van der Waals surface area contributed by atoms with Crippen molar-refractivity contribution in [3.8, 4) is 0 Å². The Bertz CT molecular complexity index is 1530. The molecule has 0 bridgehead atoms. The average molecular weight is 1130 g/mol. The number of hydrogen-bond donors (Lipinski definition) is 0. The van der Waals surface area contributed by atoms with Gasteiger partial charge in [-0.3, -0.25) is 14.4 Å². The van der Waals surface area contributed by atoms with Crippen molar-refractivity contribution in [3.63, 3.8) is 0 Å². The van der Waals surface area contributed by atoms with Gasteiger partial charge in [-0.1, -0.05) is 324 Å². The van der Waals surface area contributed by atoms with E-state index in [2.05, 4.69) is 106 Å². The van der Waals surface area contributed by atoms with Gasteiger partial charge in [-0.25, -0.2) is 0 Å². The fourth-order valence-corrected chi connectivity index (χ4v) is 10.2. The Hall–Kier alpha value is -3.41. The second-order valence-electron chi connectivity index (χ2n) is 23.4. The zero-order chi connectivity index (χ0) is 58.5. The lowest BCUT2D eigenvalue weighted by Gasteiger charge is -2.18. The molecule has 0 saturated carbocycles. The molecule has 1 unspecified atom stereocenters. The summed E-state index contributed by atoms with van der Waals surface area (Å²) in [5, 5.41) is 0. The summed E-state index contributed by atoms with van der Waals surface area (Å²) >= 11 is 0. The van der Waals surface area contributed by atoms with Crippen molar-refractivity contribution in [1.29, 1.82) is 0 Å². The third-order valence-corrected chi connectivity index (χ3v) is 15.4. The maximum absolute atomic E-state index is 12.9. The highest BCUT2D eigenvalue weighted by Gasteiger charge is 2.19. The summed E-state index contributed by atoms with van der Waals surface area (Å²) in [4.78, 5) is 38.3. The molecule has 0 aromatic heterocycles. The molecule has 0 amide bonds. The molecule has 1 atom stereocenters. The van der Waals surface area contributed by atoms with Crippen LogP contribution < -0.4 is 0 Å². The minimum absolute atomic E-state index is 0.0764. The molecule has 0 aromatic carbocycles.